The lowest BCUT2D eigenvalue weighted by Crippen LogP contribution is -2.35. The topological polar surface area (TPSA) is 125 Å². The molecule has 1 fully saturated rings. The van der Waals surface area contributed by atoms with Gasteiger partial charge >= 0.3 is 0 Å². The molecule has 0 saturated carbocycles. The number of aryl methyl sites for hydroxylation is 1. The van der Waals surface area contributed by atoms with Gasteiger partial charge in [-0.3, -0.25) is 14.6 Å². The van der Waals surface area contributed by atoms with Gasteiger partial charge in [-0.1, -0.05) is 29.8 Å². The third-order valence-corrected chi connectivity index (χ3v) is 7.84. The van der Waals surface area contributed by atoms with E-state index in [1.54, 1.807) is 6.92 Å². The number of thioether (sulfide) groups is 1. The predicted octanol–water partition coefficient (Wildman–Crippen LogP) is 2.42. The molecule has 0 radical (unpaired) electrons. The fourth-order valence-corrected chi connectivity index (χ4v) is 5.35. The quantitative estimate of drug-likeness (QED) is 0.619. The summed E-state index contributed by atoms with van der Waals surface area (Å²) >= 11 is 7.20. The summed E-state index contributed by atoms with van der Waals surface area (Å²) in [6.07, 6.45) is 2.67. The smallest absolute Gasteiger partial charge is 0.273 e. The van der Waals surface area contributed by atoms with Gasteiger partial charge in [0, 0.05) is 13.1 Å². The summed E-state index contributed by atoms with van der Waals surface area (Å²) in [5.74, 6) is -0.419. The van der Waals surface area contributed by atoms with Crippen molar-refractivity contribution in [2.24, 2.45) is 0 Å². The Hall–Kier alpha value is -1.95. The van der Waals surface area contributed by atoms with E-state index < -0.39 is 21.2 Å². The molecule has 1 saturated heterocycles. The first-order valence-corrected chi connectivity index (χ1v) is 12.1. The molecule has 1 atom stereocenters. The fourth-order valence-electron chi connectivity index (χ4n) is 2.90. The normalized spacial score (nSPS) is 16.2. The average molecular weight is 472 g/mol. The second-order valence-corrected chi connectivity index (χ2v) is 10.6. The van der Waals surface area contributed by atoms with Gasteiger partial charge in [0.1, 0.15) is 5.69 Å². The Balaban J connectivity index is 1.75. The van der Waals surface area contributed by atoms with E-state index in [2.05, 4.69) is 20.5 Å². The average Bonchev–Trinajstić information content (AvgIpc) is 2.72. The molecule has 0 bridgehead atoms. The molecule has 12 heteroatoms. The van der Waals surface area contributed by atoms with Crippen LogP contribution in [-0.2, 0) is 14.8 Å². The van der Waals surface area contributed by atoms with Gasteiger partial charge in [-0.05, 0) is 44.9 Å². The van der Waals surface area contributed by atoms with Crippen molar-refractivity contribution in [3.63, 3.8) is 0 Å². The highest BCUT2D eigenvalue weighted by Gasteiger charge is 2.27. The molecule has 9 nitrogen and oxygen atoms in total. The first-order valence-electron chi connectivity index (χ1n) is 9.39. The minimum Gasteiger partial charge on any atom is -0.324 e. The number of aromatic amines is 1. The van der Waals surface area contributed by atoms with Crippen LogP contribution in [0, 0.1) is 6.92 Å². The molecule has 0 unspecified atom stereocenters. The summed E-state index contributed by atoms with van der Waals surface area (Å²) in [5, 5.41) is 10.0. The molecule has 0 aliphatic carbocycles. The van der Waals surface area contributed by atoms with Crippen LogP contribution in [0.3, 0.4) is 0 Å². The summed E-state index contributed by atoms with van der Waals surface area (Å²) in [7, 11) is -3.65. The van der Waals surface area contributed by atoms with Gasteiger partial charge in [-0.2, -0.15) is 4.31 Å². The van der Waals surface area contributed by atoms with Gasteiger partial charge in [0.2, 0.25) is 15.9 Å². The number of anilines is 1. The highest BCUT2D eigenvalue weighted by Crippen LogP contribution is 2.29. The maximum absolute atomic E-state index is 12.9. The maximum atomic E-state index is 12.9. The van der Waals surface area contributed by atoms with Gasteiger partial charge in [0.05, 0.1) is 20.9 Å². The van der Waals surface area contributed by atoms with Gasteiger partial charge in [0.15, 0.2) is 5.16 Å². The first kappa shape index (κ1) is 22.7. The van der Waals surface area contributed by atoms with Crippen molar-refractivity contribution in [2.45, 2.75) is 48.4 Å². The van der Waals surface area contributed by atoms with Crippen molar-refractivity contribution < 1.29 is 13.2 Å². The molecule has 2 aromatic rings. The molecule has 162 valence electrons. The summed E-state index contributed by atoms with van der Waals surface area (Å²) < 4.78 is 27.2. The predicted molar refractivity (Wildman–Crippen MR) is 115 cm³/mol. The van der Waals surface area contributed by atoms with Crippen LogP contribution in [-0.4, -0.2) is 52.2 Å². The fraction of sp³-hybridized carbons (Fsp3) is 0.444. The number of halogens is 1. The minimum absolute atomic E-state index is 0.0816. The van der Waals surface area contributed by atoms with Gasteiger partial charge in [0.25, 0.3) is 5.56 Å². The van der Waals surface area contributed by atoms with Crippen LogP contribution < -0.4 is 10.9 Å². The molecule has 3 rings (SSSR count). The summed E-state index contributed by atoms with van der Waals surface area (Å²) in [5.41, 5.74) is 0.0597. The lowest BCUT2D eigenvalue weighted by molar-refractivity contribution is -0.115. The van der Waals surface area contributed by atoms with E-state index in [-0.39, 0.29) is 32.0 Å². The van der Waals surface area contributed by atoms with Gasteiger partial charge in [-0.25, -0.2) is 8.42 Å². The van der Waals surface area contributed by atoms with E-state index in [4.69, 9.17) is 11.6 Å². The number of benzene rings is 1. The number of hydrogen-bond donors (Lipinski definition) is 2. The monoisotopic (exact) mass is 471 g/mol. The summed E-state index contributed by atoms with van der Waals surface area (Å²) in [6.45, 7) is 4.12. The molecule has 0 spiro atoms. The van der Waals surface area contributed by atoms with Crippen molar-refractivity contribution in [2.75, 3.05) is 18.4 Å². The van der Waals surface area contributed by atoms with E-state index in [0.29, 0.717) is 13.1 Å². The second kappa shape index (κ2) is 9.46. The number of rotatable bonds is 6. The van der Waals surface area contributed by atoms with Crippen molar-refractivity contribution in [1.82, 2.24) is 19.5 Å². The molecule has 30 heavy (non-hydrogen) atoms. The Morgan fingerprint density at radius 3 is 2.63 bits per heavy atom. The Kier molecular flexibility index (Phi) is 7.17. The zero-order valence-electron chi connectivity index (χ0n) is 16.5. The molecular formula is C18H22ClN5O4S2. The van der Waals surface area contributed by atoms with Crippen LogP contribution in [0.25, 0.3) is 0 Å². The molecule has 1 aliphatic rings. The third kappa shape index (κ3) is 5.20. The number of carbonyl (C=O) groups excluding carboxylic acids is 1. The van der Waals surface area contributed by atoms with Crippen molar-refractivity contribution in [3.8, 4) is 0 Å². The van der Waals surface area contributed by atoms with Crippen LogP contribution in [0.2, 0.25) is 5.02 Å². The Bertz CT molecular complexity index is 1100. The summed E-state index contributed by atoms with van der Waals surface area (Å²) in [4.78, 5) is 26.9. The first-order chi connectivity index (χ1) is 14.2. The Morgan fingerprint density at radius 2 is 1.97 bits per heavy atom. The lowest BCUT2D eigenvalue weighted by atomic mass is 10.2. The zero-order valence-corrected chi connectivity index (χ0v) is 18.9. The van der Waals surface area contributed by atoms with E-state index in [1.165, 1.54) is 29.4 Å². The minimum atomic E-state index is -3.65. The largest absolute Gasteiger partial charge is 0.324 e. The molecule has 1 amide bonds. The zero-order chi connectivity index (χ0) is 21.9. The third-order valence-electron chi connectivity index (χ3n) is 4.65. The van der Waals surface area contributed by atoms with Crippen molar-refractivity contribution in [3.05, 3.63) is 39.3 Å². The molecule has 1 aliphatic heterocycles. The highest BCUT2D eigenvalue weighted by atomic mass is 35.5. The number of sulfonamides is 1. The van der Waals surface area contributed by atoms with Crippen molar-refractivity contribution in [1.29, 1.82) is 0 Å². The van der Waals surface area contributed by atoms with Crippen LogP contribution in [0.15, 0.2) is 33.0 Å². The maximum Gasteiger partial charge on any atom is 0.273 e. The Morgan fingerprint density at radius 1 is 1.27 bits per heavy atom. The molecule has 1 aromatic heterocycles. The second-order valence-electron chi connectivity index (χ2n) is 6.90. The van der Waals surface area contributed by atoms with E-state index in [9.17, 15) is 18.0 Å². The number of nitrogens with zero attached hydrogens (tertiary/aromatic N) is 3. The summed E-state index contributed by atoms with van der Waals surface area (Å²) in [6, 6.07) is 4.26. The van der Waals surface area contributed by atoms with Crippen LogP contribution in [0.5, 0.6) is 0 Å². The van der Waals surface area contributed by atoms with Crippen LogP contribution in [0.1, 0.15) is 31.9 Å². The molecule has 2 heterocycles. The van der Waals surface area contributed by atoms with Crippen molar-refractivity contribution >= 4 is 45.0 Å². The van der Waals surface area contributed by atoms with E-state index in [0.717, 1.165) is 31.0 Å². The van der Waals surface area contributed by atoms with E-state index in [1.807, 2.05) is 0 Å². The molecule has 2 N–H and O–H groups in total. The van der Waals surface area contributed by atoms with Gasteiger partial charge in [-0.15, -0.1) is 10.2 Å². The molecular weight excluding hydrogens is 450 g/mol. The molecule has 1 aromatic carbocycles. The number of nitrogens with one attached hydrogen (secondary N) is 2. The van der Waals surface area contributed by atoms with Gasteiger partial charge < -0.3 is 5.32 Å². The number of amides is 1. The number of carbonyl (C=O) groups is 1. The number of aromatic nitrogens is 3. The van der Waals surface area contributed by atoms with E-state index >= 15 is 0 Å². The number of piperidine rings is 1. The lowest BCUT2D eigenvalue weighted by Gasteiger charge is -2.26. The highest BCUT2D eigenvalue weighted by molar-refractivity contribution is 8.00. The number of hydrogen-bond acceptors (Lipinski definition) is 7. The van der Waals surface area contributed by atoms with Crippen LogP contribution in [0.4, 0.5) is 5.69 Å². The van der Waals surface area contributed by atoms with Crippen LogP contribution >= 0.6 is 23.4 Å². The standard InChI is InChI=1S/C18H22ClN5O4S2/c1-11-16(25)21-18(23-22-11)29-12(2)17(26)20-15-10-13(6-7-14(15)19)30(27,28)24-8-4-3-5-9-24/h6-7,10,12H,3-5,8-9H2,1-2H3,(H,20,26)(H,21,23,25)/t12-/m1/s1. The SMILES string of the molecule is Cc1nnc(S[C@H](C)C(=O)Nc2cc(S(=O)(=O)N3CCCCC3)ccc2Cl)[nH]c1=O. The Labute approximate surface area is 183 Å². The number of H-pyrrole nitrogens is 1.